The minimum absolute atomic E-state index is 0.0674. The summed E-state index contributed by atoms with van der Waals surface area (Å²) in [7, 11) is 0. The second-order valence-corrected chi connectivity index (χ2v) is 5.21. The fourth-order valence-corrected chi connectivity index (χ4v) is 2.27. The van der Waals surface area contributed by atoms with Gasteiger partial charge in [-0.2, -0.15) is 13.2 Å². The minimum atomic E-state index is -4.38. The minimum Gasteiger partial charge on any atom is -0.380 e. The molecule has 6 heteroatoms. The molecule has 1 N–H and O–H groups in total. The third-order valence-corrected chi connectivity index (χ3v) is 3.39. The second kappa shape index (κ2) is 6.43. The molecule has 0 aliphatic rings. The Balaban J connectivity index is 2.02. The van der Waals surface area contributed by atoms with Crippen molar-refractivity contribution in [2.45, 2.75) is 32.6 Å². The normalized spacial score (nSPS) is 11.7. The van der Waals surface area contributed by atoms with Crippen LogP contribution in [0.5, 0.6) is 0 Å². The highest BCUT2D eigenvalue weighted by atomic mass is 35.5. The van der Waals surface area contributed by atoms with E-state index in [0.717, 1.165) is 30.7 Å². The topological polar surface area (TPSA) is 17.0 Å². The molecule has 1 aromatic heterocycles. The molecular formula is C15H16ClF3N2. The Morgan fingerprint density at radius 3 is 2.62 bits per heavy atom. The van der Waals surface area contributed by atoms with Crippen molar-refractivity contribution in [3.8, 4) is 0 Å². The Morgan fingerprint density at radius 2 is 2.00 bits per heavy atom. The molecule has 1 heterocycles. The van der Waals surface area contributed by atoms with Gasteiger partial charge in [0.1, 0.15) is 0 Å². The van der Waals surface area contributed by atoms with Gasteiger partial charge in [-0.05, 0) is 36.2 Å². The zero-order valence-corrected chi connectivity index (χ0v) is 12.3. The molecule has 2 nitrogen and oxygen atoms in total. The first-order valence-corrected chi connectivity index (χ1v) is 7.03. The lowest BCUT2D eigenvalue weighted by molar-refractivity contribution is -0.137. The zero-order valence-electron chi connectivity index (χ0n) is 11.5. The molecule has 0 fully saturated rings. The van der Waals surface area contributed by atoms with Gasteiger partial charge in [-0.3, -0.25) is 0 Å². The molecule has 114 valence electrons. The molecule has 1 aromatic carbocycles. The van der Waals surface area contributed by atoms with Crippen LogP contribution in [-0.4, -0.2) is 4.57 Å². The fourth-order valence-electron chi connectivity index (χ4n) is 2.02. The third-order valence-electron chi connectivity index (χ3n) is 3.07. The monoisotopic (exact) mass is 316 g/mol. The van der Waals surface area contributed by atoms with E-state index < -0.39 is 11.7 Å². The van der Waals surface area contributed by atoms with Gasteiger partial charge in [0.05, 0.1) is 16.3 Å². The Hall–Kier alpha value is -1.62. The molecule has 0 aliphatic carbocycles. The first-order chi connectivity index (χ1) is 9.90. The lowest BCUT2D eigenvalue weighted by atomic mass is 10.2. The average Bonchev–Trinajstić information content (AvgIpc) is 2.84. The predicted octanol–water partition coefficient (Wildman–Crippen LogP) is 5.18. The molecule has 0 radical (unpaired) electrons. The number of nitrogens with one attached hydrogen (secondary N) is 1. The Bertz CT molecular complexity index is 605. The van der Waals surface area contributed by atoms with Gasteiger partial charge in [0.2, 0.25) is 0 Å². The maximum atomic E-state index is 12.5. The van der Waals surface area contributed by atoms with Crippen molar-refractivity contribution in [1.82, 2.24) is 4.57 Å². The van der Waals surface area contributed by atoms with E-state index in [0.29, 0.717) is 12.2 Å². The van der Waals surface area contributed by atoms with E-state index >= 15 is 0 Å². The van der Waals surface area contributed by atoms with Crippen molar-refractivity contribution >= 4 is 17.3 Å². The van der Waals surface area contributed by atoms with Gasteiger partial charge in [-0.25, -0.2) is 0 Å². The SMILES string of the molecule is CCCn1ccc(CNc2ccc(C(F)(F)F)cc2Cl)c1. The van der Waals surface area contributed by atoms with Gasteiger partial charge >= 0.3 is 6.18 Å². The quantitative estimate of drug-likeness (QED) is 0.804. The summed E-state index contributed by atoms with van der Waals surface area (Å²) in [6.45, 7) is 3.56. The number of nitrogens with zero attached hydrogens (tertiary/aromatic N) is 1. The summed E-state index contributed by atoms with van der Waals surface area (Å²) in [5.41, 5.74) is 0.805. The van der Waals surface area contributed by atoms with Crippen LogP contribution in [0.2, 0.25) is 5.02 Å². The number of hydrogen-bond donors (Lipinski definition) is 1. The van der Waals surface area contributed by atoms with Crippen LogP contribution in [0.1, 0.15) is 24.5 Å². The Morgan fingerprint density at radius 1 is 1.24 bits per heavy atom. The highest BCUT2D eigenvalue weighted by molar-refractivity contribution is 6.33. The number of alkyl halides is 3. The van der Waals surface area contributed by atoms with Crippen molar-refractivity contribution in [2.75, 3.05) is 5.32 Å². The Kier molecular flexibility index (Phi) is 4.83. The smallest absolute Gasteiger partial charge is 0.380 e. The van der Waals surface area contributed by atoms with E-state index in [4.69, 9.17) is 11.6 Å². The van der Waals surface area contributed by atoms with Crippen LogP contribution in [0.25, 0.3) is 0 Å². The van der Waals surface area contributed by atoms with E-state index in [1.807, 2.05) is 18.5 Å². The number of aromatic nitrogens is 1. The predicted molar refractivity (Wildman–Crippen MR) is 78.5 cm³/mol. The average molecular weight is 317 g/mol. The number of anilines is 1. The number of aryl methyl sites for hydroxylation is 1. The fraction of sp³-hybridized carbons (Fsp3) is 0.333. The van der Waals surface area contributed by atoms with Crippen LogP contribution in [0.15, 0.2) is 36.7 Å². The molecule has 0 amide bonds. The Labute approximate surface area is 126 Å². The summed E-state index contributed by atoms with van der Waals surface area (Å²) in [4.78, 5) is 0. The molecule has 0 saturated heterocycles. The van der Waals surface area contributed by atoms with E-state index in [1.54, 1.807) is 0 Å². The summed E-state index contributed by atoms with van der Waals surface area (Å²) in [5.74, 6) is 0. The van der Waals surface area contributed by atoms with Gasteiger partial charge in [-0.1, -0.05) is 18.5 Å². The first-order valence-electron chi connectivity index (χ1n) is 6.65. The van der Waals surface area contributed by atoms with Crippen LogP contribution in [-0.2, 0) is 19.3 Å². The summed E-state index contributed by atoms with van der Waals surface area (Å²) in [6.07, 6.45) is 0.662. The van der Waals surface area contributed by atoms with E-state index in [1.165, 1.54) is 6.07 Å². The number of hydrogen-bond acceptors (Lipinski definition) is 1. The number of rotatable bonds is 5. The van der Waals surface area contributed by atoms with Crippen molar-refractivity contribution in [1.29, 1.82) is 0 Å². The van der Waals surface area contributed by atoms with Crippen molar-refractivity contribution in [3.05, 3.63) is 52.8 Å². The summed E-state index contributed by atoms with van der Waals surface area (Å²) >= 11 is 5.89. The molecule has 0 bridgehead atoms. The first kappa shape index (κ1) is 15.8. The molecule has 0 atom stereocenters. The lowest BCUT2D eigenvalue weighted by Gasteiger charge is -2.11. The molecular weight excluding hydrogens is 301 g/mol. The molecule has 0 spiro atoms. The van der Waals surface area contributed by atoms with Crippen molar-refractivity contribution < 1.29 is 13.2 Å². The lowest BCUT2D eigenvalue weighted by Crippen LogP contribution is -2.06. The summed E-state index contributed by atoms with van der Waals surface area (Å²) in [5, 5.41) is 3.12. The zero-order chi connectivity index (χ0) is 15.5. The van der Waals surface area contributed by atoms with Gasteiger partial charge in [-0.15, -0.1) is 0 Å². The van der Waals surface area contributed by atoms with E-state index in [9.17, 15) is 13.2 Å². The van der Waals surface area contributed by atoms with Gasteiger partial charge in [0.15, 0.2) is 0 Å². The number of halogens is 4. The molecule has 2 aromatic rings. The van der Waals surface area contributed by atoms with Crippen LogP contribution in [0.4, 0.5) is 18.9 Å². The van der Waals surface area contributed by atoms with Gasteiger partial charge in [0, 0.05) is 25.5 Å². The highest BCUT2D eigenvalue weighted by Gasteiger charge is 2.30. The second-order valence-electron chi connectivity index (χ2n) is 4.80. The van der Waals surface area contributed by atoms with Crippen LogP contribution in [0.3, 0.4) is 0 Å². The molecule has 0 unspecified atom stereocenters. The van der Waals surface area contributed by atoms with E-state index in [-0.39, 0.29) is 5.02 Å². The molecule has 2 rings (SSSR count). The maximum absolute atomic E-state index is 12.5. The highest BCUT2D eigenvalue weighted by Crippen LogP contribution is 2.33. The van der Waals surface area contributed by atoms with Crippen LogP contribution in [0, 0.1) is 0 Å². The van der Waals surface area contributed by atoms with Gasteiger partial charge in [0.25, 0.3) is 0 Å². The largest absolute Gasteiger partial charge is 0.416 e. The van der Waals surface area contributed by atoms with Crippen LogP contribution < -0.4 is 5.32 Å². The molecule has 0 aliphatic heterocycles. The molecule has 21 heavy (non-hydrogen) atoms. The third kappa shape index (κ3) is 4.17. The molecule has 0 saturated carbocycles. The summed E-state index contributed by atoms with van der Waals surface area (Å²) in [6, 6.07) is 5.29. The summed E-state index contributed by atoms with van der Waals surface area (Å²) < 4.78 is 39.7. The van der Waals surface area contributed by atoms with E-state index in [2.05, 4.69) is 16.8 Å². The number of benzene rings is 1. The standard InChI is InChI=1S/C15H16ClF3N2/c1-2-6-21-7-5-11(10-21)9-20-14-4-3-12(8-13(14)16)15(17,18)19/h3-5,7-8,10,20H,2,6,9H2,1H3. The van der Waals surface area contributed by atoms with Crippen LogP contribution >= 0.6 is 11.6 Å². The van der Waals surface area contributed by atoms with Crippen molar-refractivity contribution in [2.24, 2.45) is 0 Å². The maximum Gasteiger partial charge on any atom is 0.416 e. The van der Waals surface area contributed by atoms with Crippen molar-refractivity contribution in [3.63, 3.8) is 0 Å². The van der Waals surface area contributed by atoms with Gasteiger partial charge < -0.3 is 9.88 Å².